The summed E-state index contributed by atoms with van der Waals surface area (Å²) in [6.45, 7) is 4.57. The van der Waals surface area contributed by atoms with Crippen LogP contribution in [-0.2, 0) is 4.74 Å². The number of allylic oxidation sites excluding steroid dienone is 1. The summed E-state index contributed by atoms with van der Waals surface area (Å²) in [4.78, 5) is 0. The molecule has 0 aromatic heterocycles. The molecule has 1 atom stereocenters. The van der Waals surface area contributed by atoms with Crippen molar-refractivity contribution in [3.63, 3.8) is 0 Å². The Morgan fingerprint density at radius 1 is 1.50 bits per heavy atom. The molecule has 0 aromatic carbocycles. The van der Waals surface area contributed by atoms with Crippen LogP contribution >= 0.6 is 0 Å². The number of unbranched alkanes of at least 4 members (excludes halogenated alkanes) is 2. The van der Waals surface area contributed by atoms with Crippen LogP contribution in [-0.4, -0.2) is 25.4 Å². The fourth-order valence-electron chi connectivity index (χ4n) is 1.18. The van der Waals surface area contributed by atoms with Crippen LogP contribution in [0.5, 0.6) is 0 Å². The molecule has 0 radical (unpaired) electrons. The van der Waals surface area contributed by atoms with Gasteiger partial charge in [0.1, 0.15) is 0 Å². The molecule has 0 amide bonds. The van der Waals surface area contributed by atoms with Gasteiger partial charge in [-0.05, 0) is 19.3 Å². The van der Waals surface area contributed by atoms with Gasteiger partial charge in [-0.15, -0.1) is 6.58 Å². The number of rotatable bonds is 8. The van der Waals surface area contributed by atoms with Crippen LogP contribution in [0.15, 0.2) is 12.7 Å². The van der Waals surface area contributed by atoms with Crippen molar-refractivity contribution in [2.75, 3.05) is 20.3 Å². The fourth-order valence-corrected chi connectivity index (χ4v) is 1.18. The molecule has 12 heavy (non-hydrogen) atoms. The van der Waals surface area contributed by atoms with Gasteiger partial charge < -0.3 is 9.84 Å². The molecule has 0 aliphatic carbocycles. The highest BCUT2D eigenvalue weighted by Crippen LogP contribution is 2.09. The van der Waals surface area contributed by atoms with E-state index in [1.165, 1.54) is 6.42 Å². The number of aliphatic hydroxyl groups is 1. The average Bonchev–Trinajstić information content (AvgIpc) is 2.10. The van der Waals surface area contributed by atoms with E-state index in [2.05, 4.69) is 6.58 Å². The second-order valence-electron chi connectivity index (χ2n) is 3.08. The summed E-state index contributed by atoms with van der Waals surface area (Å²) in [6, 6.07) is 0. The van der Waals surface area contributed by atoms with Gasteiger partial charge in [0.15, 0.2) is 0 Å². The van der Waals surface area contributed by atoms with Gasteiger partial charge in [0.2, 0.25) is 0 Å². The first-order valence-corrected chi connectivity index (χ1v) is 4.55. The van der Waals surface area contributed by atoms with Gasteiger partial charge in [-0.3, -0.25) is 0 Å². The van der Waals surface area contributed by atoms with Crippen molar-refractivity contribution in [2.45, 2.75) is 25.7 Å². The normalized spacial score (nSPS) is 12.8. The summed E-state index contributed by atoms with van der Waals surface area (Å²) in [6.07, 6.45) is 6.39. The third-order valence-electron chi connectivity index (χ3n) is 1.93. The molecular weight excluding hydrogens is 152 g/mol. The lowest BCUT2D eigenvalue weighted by atomic mass is 10.0. The molecule has 0 saturated carbocycles. The molecule has 0 rings (SSSR count). The average molecular weight is 172 g/mol. The molecule has 72 valence electrons. The summed E-state index contributed by atoms with van der Waals surface area (Å²) >= 11 is 0. The third-order valence-corrected chi connectivity index (χ3v) is 1.93. The highest BCUT2D eigenvalue weighted by molar-refractivity contribution is 4.66. The first kappa shape index (κ1) is 11.7. The van der Waals surface area contributed by atoms with Crippen LogP contribution in [0.1, 0.15) is 25.7 Å². The maximum Gasteiger partial charge on any atom is 0.0512 e. The van der Waals surface area contributed by atoms with E-state index in [4.69, 9.17) is 9.84 Å². The van der Waals surface area contributed by atoms with Crippen LogP contribution in [0, 0.1) is 5.92 Å². The fraction of sp³-hybridized carbons (Fsp3) is 0.800. The highest BCUT2D eigenvalue weighted by atomic mass is 16.5. The van der Waals surface area contributed by atoms with Gasteiger partial charge in [0, 0.05) is 19.6 Å². The second-order valence-corrected chi connectivity index (χ2v) is 3.08. The molecule has 0 aliphatic heterocycles. The molecule has 0 aromatic rings. The standard InChI is InChI=1S/C10H20O2/c1-3-4-5-6-7-10(8-11)9-12-2/h3,10-11H,1,4-9H2,2H3. The van der Waals surface area contributed by atoms with E-state index in [0.717, 1.165) is 19.3 Å². The van der Waals surface area contributed by atoms with Gasteiger partial charge in [-0.1, -0.05) is 12.5 Å². The number of ether oxygens (including phenoxy) is 1. The van der Waals surface area contributed by atoms with Gasteiger partial charge in [-0.2, -0.15) is 0 Å². The third kappa shape index (κ3) is 6.38. The van der Waals surface area contributed by atoms with Crippen molar-refractivity contribution in [3.05, 3.63) is 12.7 Å². The van der Waals surface area contributed by atoms with E-state index in [9.17, 15) is 0 Å². The minimum Gasteiger partial charge on any atom is -0.396 e. The van der Waals surface area contributed by atoms with Crippen LogP contribution in [0.4, 0.5) is 0 Å². The van der Waals surface area contributed by atoms with E-state index in [0.29, 0.717) is 12.5 Å². The molecule has 2 nitrogen and oxygen atoms in total. The highest BCUT2D eigenvalue weighted by Gasteiger charge is 2.05. The molecule has 0 bridgehead atoms. The monoisotopic (exact) mass is 172 g/mol. The molecule has 1 N–H and O–H groups in total. The molecule has 0 saturated heterocycles. The van der Waals surface area contributed by atoms with Crippen LogP contribution in [0.2, 0.25) is 0 Å². The molecule has 0 heterocycles. The Morgan fingerprint density at radius 3 is 2.75 bits per heavy atom. The summed E-state index contributed by atoms with van der Waals surface area (Å²) in [7, 11) is 1.67. The summed E-state index contributed by atoms with van der Waals surface area (Å²) in [5.74, 6) is 0.319. The minimum atomic E-state index is 0.238. The summed E-state index contributed by atoms with van der Waals surface area (Å²) in [5.41, 5.74) is 0. The van der Waals surface area contributed by atoms with Crippen LogP contribution in [0.25, 0.3) is 0 Å². The Kier molecular flexibility index (Phi) is 8.51. The maximum absolute atomic E-state index is 8.91. The SMILES string of the molecule is C=CCCCCC(CO)COC. The van der Waals surface area contributed by atoms with Gasteiger partial charge in [-0.25, -0.2) is 0 Å². The van der Waals surface area contributed by atoms with Crippen molar-refractivity contribution in [2.24, 2.45) is 5.92 Å². The lowest BCUT2D eigenvalue weighted by Crippen LogP contribution is -2.12. The maximum atomic E-state index is 8.91. The van der Waals surface area contributed by atoms with E-state index in [1.54, 1.807) is 7.11 Å². The smallest absolute Gasteiger partial charge is 0.0512 e. The first-order chi connectivity index (χ1) is 5.85. The first-order valence-electron chi connectivity index (χ1n) is 4.55. The minimum absolute atomic E-state index is 0.238. The topological polar surface area (TPSA) is 29.5 Å². The predicted molar refractivity (Wildman–Crippen MR) is 51.1 cm³/mol. The summed E-state index contributed by atoms with van der Waals surface area (Å²) in [5, 5.41) is 8.91. The van der Waals surface area contributed by atoms with E-state index in [-0.39, 0.29) is 6.61 Å². The van der Waals surface area contributed by atoms with Crippen molar-refractivity contribution in [1.82, 2.24) is 0 Å². The Hall–Kier alpha value is -0.340. The van der Waals surface area contributed by atoms with Crippen molar-refractivity contribution in [3.8, 4) is 0 Å². The lowest BCUT2D eigenvalue weighted by Gasteiger charge is -2.11. The zero-order chi connectivity index (χ0) is 9.23. The molecule has 1 unspecified atom stereocenters. The van der Waals surface area contributed by atoms with Crippen LogP contribution in [0.3, 0.4) is 0 Å². The second kappa shape index (κ2) is 8.75. The largest absolute Gasteiger partial charge is 0.396 e. The van der Waals surface area contributed by atoms with E-state index >= 15 is 0 Å². The van der Waals surface area contributed by atoms with Crippen LogP contribution < -0.4 is 0 Å². The van der Waals surface area contributed by atoms with Gasteiger partial charge in [0.05, 0.1) is 6.61 Å². The number of hydrogen-bond acceptors (Lipinski definition) is 2. The summed E-state index contributed by atoms with van der Waals surface area (Å²) < 4.78 is 4.97. The van der Waals surface area contributed by atoms with Gasteiger partial charge >= 0.3 is 0 Å². The predicted octanol–water partition coefficient (Wildman–Crippen LogP) is 1.99. The zero-order valence-electron chi connectivity index (χ0n) is 7.96. The lowest BCUT2D eigenvalue weighted by molar-refractivity contribution is 0.104. The Morgan fingerprint density at radius 2 is 2.25 bits per heavy atom. The Balaban J connectivity index is 3.24. The molecule has 0 aliphatic rings. The number of methoxy groups -OCH3 is 1. The van der Waals surface area contributed by atoms with E-state index < -0.39 is 0 Å². The van der Waals surface area contributed by atoms with Crippen molar-refractivity contribution >= 4 is 0 Å². The molecule has 0 spiro atoms. The quantitative estimate of drug-likeness (QED) is 0.448. The zero-order valence-corrected chi connectivity index (χ0v) is 7.96. The number of aliphatic hydroxyl groups excluding tert-OH is 1. The Labute approximate surface area is 75.2 Å². The van der Waals surface area contributed by atoms with Gasteiger partial charge in [0.25, 0.3) is 0 Å². The molecular formula is C10H20O2. The Bertz CT molecular complexity index is 102. The number of hydrogen-bond donors (Lipinski definition) is 1. The van der Waals surface area contributed by atoms with Crippen molar-refractivity contribution < 1.29 is 9.84 Å². The van der Waals surface area contributed by atoms with E-state index in [1.807, 2.05) is 6.08 Å². The molecule has 2 heteroatoms. The van der Waals surface area contributed by atoms with Crippen molar-refractivity contribution in [1.29, 1.82) is 0 Å². The molecule has 0 fully saturated rings.